The average molecular weight is 428 g/mol. The summed E-state index contributed by atoms with van der Waals surface area (Å²) in [5.41, 5.74) is 1.26. The van der Waals surface area contributed by atoms with Gasteiger partial charge in [-0.2, -0.15) is 13.2 Å². The number of rotatable bonds is 5. The van der Waals surface area contributed by atoms with Gasteiger partial charge in [0, 0.05) is 10.6 Å². The van der Waals surface area contributed by atoms with Crippen LogP contribution in [0.15, 0.2) is 47.3 Å². The summed E-state index contributed by atoms with van der Waals surface area (Å²) < 4.78 is 52.1. The number of halogens is 4. The SMILES string of the molecule is Cc1nocc1OC(=O)Nc1cnc(OCC(F)(F)F)c(-c2ccc(Cl)cc2)c1. The van der Waals surface area contributed by atoms with Crippen molar-refractivity contribution in [2.24, 2.45) is 0 Å². The van der Waals surface area contributed by atoms with Crippen molar-refractivity contribution < 1.29 is 32.0 Å². The standard InChI is InChI=1S/C18H13ClF3N3O4/c1-10-15(8-28-25-10)29-17(26)24-13-6-14(11-2-4-12(19)5-3-11)16(23-7-13)27-9-18(20,21)22/h2-8H,9H2,1H3,(H,24,26). The third-order valence-electron chi connectivity index (χ3n) is 3.53. The minimum absolute atomic E-state index is 0.124. The van der Waals surface area contributed by atoms with Crippen LogP contribution < -0.4 is 14.8 Å². The molecule has 0 radical (unpaired) electrons. The summed E-state index contributed by atoms with van der Waals surface area (Å²) in [6, 6.07) is 7.70. The number of benzene rings is 1. The molecule has 1 amide bonds. The van der Waals surface area contributed by atoms with Gasteiger partial charge in [-0.05, 0) is 30.7 Å². The summed E-state index contributed by atoms with van der Waals surface area (Å²) in [6.07, 6.45) is -3.09. The van der Waals surface area contributed by atoms with Crippen LogP contribution in [0.3, 0.4) is 0 Å². The number of nitrogens with one attached hydrogen (secondary N) is 1. The molecule has 0 saturated heterocycles. The summed E-state index contributed by atoms with van der Waals surface area (Å²) in [5, 5.41) is 6.46. The van der Waals surface area contributed by atoms with Crippen molar-refractivity contribution in [3.8, 4) is 22.8 Å². The molecule has 0 aliphatic heterocycles. The number of amides is 1. The molecule has 0 aliphatic rings. The molecule has 3 rings (SSSR count). The normalized spacial score (nSPS) is 11.2. The third kappa shape index (κ3) is 5.61. The first-order valence-electron chi connectivity index (χ1n) is 8.06. The quantitative estimate of drug-likeness (QED) is 0.598. The molecule has 11 heteroatoms. The van der Waals surface area contributed by atoms with Crippen molar-refractivity contribution in [2.75, 3.05) is 11.9 Å². The van der Waals surface area contributed by atoms with Crippen LogP contribution in [0.25, 0.3) is 11.1 Å². The van der Waals surface area contributed by atoms with E-state index < -0.39 is 18.9 Å². The molecule has 0 fully saturated rings. The minimum Gasteiger partial charge on any atom is -0.468 e. The topological polar surface area (TPSA) is 86.5 Å². The van der Waals surface area contributed by atoms with E-state index in [9.17, 15) is 18.0 Å². The molecule has 0 spiro atoms. The zero-order valence-corrected chi connectivity index (χ0v) is 15.5. The van der Waals surface area contributed by atoms with E-state index in [1.165, 1.54) is 6.07 Å². The van der Waals surface area contributed by atoms with Gasteiger partial charge in [-0.3, -0.25) is 5.32 Å². The first kappa shape index (κ1) is 20.5. The number of ether oxygens (including phenoxy) is 2. The molecule has 2 aromatic heterocycles. The summed E-state index contributed by atoms with van der Waals surface area (Å²) in [7, 11) is 0. The highest BCUT2D eigenvalue weighted by molar-refractivity contribution is 6.30. The fourth-order valence-electron chi connectivity index (χ4n) is 2.25. The Bertz CT molecular complexity index is 1010. The number of anilines is 1. The van der Waals surface area contributed by atoms with Gasteiger partial charge < -0.3 is 14.0 Å². The Labute approximate surface area is 167 Å². The van der Waals surface area contributed by atoms with Crippen LogP contribution >= 0.6 is 11.6 Å². The van der Waals surface area contributed by atoms with E-state index in [0.29, 0.717) is 16.3 Å². The Balaban J connectivity index is 1.85. The van der Waals surface area contributed by atoms with E-state index in [1.54, 1.807) is 31.2 Å². The van der Waals surface area contributed by atoms with Gasteiger partial charge in [0.05, 0.1) is 11.9 Å². The molecule has 0 aliphatic carbocycles. The Morgan fingerprint density at radius 2 is 2.00 bits per heavy atom. The Hall–Kier alpha value is -3.27. The van der Waals surface area contributed by atoms with Crippen molar-refractivity contribution in [1.29, 1.82) is 0 Å². The second kappa shape index (κ2) is 8.39. The fourth-order valence-corrected chi connectivity index (χ4v) is 2.37. The highest BCUT2D eigenvalue weighted by Crippen LogP contribution is 2.32. The highest BCUT2D eigenvalue weighted by atomic mass is 35.5. The third-order valence-corrected chi connectivity index (χ3v) is 3.79. The zero-order chi connectivity index (χ0) is 21.0. The number of hydrogen-bond acceptors (Lipinski definition) is 6. The van der Waals surface area contributed by atoms with Gasteiger partial charge >= 0.3 is 12.3 Å². The van der Waals surface area contributed by atoms with Crippen LogP contribution in [0.4, 0.5) is 23.7 Å². The average Bonchev–Trinajstić information content (AvgIpc) is 3.05. The second-order valence-electron chi connectivity index (χ2n) is 5.77. The zero-order valence-electron chi connectivity index (χ0n) is 14.8. The lowest BCUT2D eigenvalue weighted by Crippen LogP contribution is -2.20. The largest absolute Gasteiger partial charge is 0.468 e. The number of nitrogens with zero attached hydrogens (tertiary/aromatic N) is 2. The van der Waals surface area contributed by atoms with Crippen LogP contribution in [-0.4, -0.2) is 29.0 Å². The smallest absolute Gasteiger partial charge is 0.422 e. The lowest BCUT2D eigenvalue weighted by Gasteiger charge is -2.14. The number of alkyl halides is 3. The van der Waals surface area contributed by atoms with Crippen molar-refractivity contribution in [2.45, 2.75) is 13.1 Å². The van der Waals surface area contributed by atoms with Crippen molar-refractivity contribution in [3.05, 3.63) is 53.5 Å². The molecule has 0 saturated carbocycles. The van der Waals surface area contributed by atoms with E-state index in [2.05, 4.69) is 20.0 Å². The fraction of sp³-hybridized carbons (Fsp3) is 0.167. The predicted octanol–water partition coefficient (Wildman–Crippen LogP) is 5.25. The monoisotopic (exact) mass is 427 g/mol. The summed E-state index contributed by atoms with van der Waals surface area (Å²) in [5.74, 6) is -0.128. The van der Waals surface area contributed by atoms with Gasteiger partial charge in [0.1, 0.15) is 5.69 Å². The summed E-state index contributed by atoms with van der Waals surface area (Å²) >= 11 is 5.86. The van der Waals surface area contributed by atoms with Crippen LogP contribution in [0, 0.1) is 6.92 Å². The molecule has 152 valence electrons. The molecule has 29 heavy (non-hydrogen) atoms. The van der Waals surface area contributed by atoms with Gasteiger partial charge in [-0.25, -0.2) is 9.78 Å². The molecule has 0 unspecified atom stereocenters. The molecular weight excluding hydrogens is 415 g/mol. The number of carbonyl (C=O) groups excluding carboxylic acids is 1. The maximum Gasteiger partial charge on any atom is 0.422 e. The Kier molecular flexibility index (Phi) is 5.92. The van der Waals surface area contributed by atoms with Crippen molar-refractivity contribution >= 4 is 23.4 Å². The number of aromatic nitrogens is 2. The summed E-state index contributed by atoms with van der Waals surface area (Å²) in [6.45, 7) is 0.0707. The van der Waals surface area contributed by atoms with Crippen LogP contribution in [0.1, 0.15) is 5.69 Å². The molecule has 1 aromatic carbocycles. The number of aryl methyl sites for hydroxylation is 1. The highest BCUT2D eigenvalue weighted by Gasteiger charge is 2.29. The van der Waals surface area contributed by atoms with Gasteiger partial charge in [0.15, 0.2) is 18.6 Å². The van der Waals surface area contributed by atoms with Crippen LogP contribution in [0.2, 0.25) is 5.02 Å². The molecule has 0 atom stereocenters. The van der Waals surface area contributed by atoms with Gasteiger partial charge in [-0.1, -0.05) is 28.9 Å². The molecule has 2 heterocycles. The van der Waals surface area contributed by atoms with Crippen LogP contribution in [-0.2, 0) is 0 Å². The van der Waals surface area contributed by atoms with E-state index in [-0.39, 0.29) is 22.9 Å². The van der Waals surface area contributed by atoms with Crippen molar-refractivity contribution in [3.63, 3.8) is 0 Å². The van der Waals surface area contributed by atoms with E-state index >= 15 is 0 Å². The van der Waals surface area contributed by atoms with Crippen molar-refractivity contribution in [1.82, 2.24) is 10.1 Å². The second-order valence-corrected chi connectivity index (χ2v) is 6.20. The Morgan fingerprint density at radius 1 is 1.28 bits per heavy atom. The van der Waals surface area contributed by atoms with E-state index in [1.807, 2.05) is 0 Å². The number of hydrogen-bond donors (Lipinski definition) is 1. The molecular formula is C18H13ClF3N3O4. The molecule has 7 nitrogen and oxygen atoms in total. The first-order chi connectivity index (χ1) is 13.7. The molecule has 0 bridgehead atoms. The number of pyridine rings is 1. The lowest BCUT2D eigenvalue weighted by molar-refractivity contribution is -0.154. The number of carbonyl (C=O) groups is 1. The maximum absolute atomic E-state index is 12.5. The molecule has 1 N–H and O–H groups in total. The maximum atomic E-state index is 12.5. The predicted molar refractivity (Wildman–Crippen MR) is 97.1 cm³/mol. The van der Waals surface area contributed by atoms with Gasteiger partial charge in [-0.15, -0.1) is 0 Å². The summed E-state index contributed by atoms with van der Waals surface area (Å²) in [4.78, 5) is 15.9. The van der Waals surface area contributed by atoms with Gasteiger partial charge in [0.2, 0.25) is 5.88 Å². The lowest BCUT2D eigenvalue weighted by atomic mass is 10.1. The van der Waals surface area contributed by atoms with E-state index in [4.69, 9.17) is 21.1 Å². The molecule has 3 aromatic rings. The minimum atomic E-state index is -4.53. The van der Waals surface area contributed by atoms with E-state index in [0.717, 1.165) is 12.5 Å². The Morgan fingerprint density at radius 3 is 2.62 bits per heavy atom. The first-order valence-corrected chi connectivity index (χ1v) is 8.44. The van der Waals surface area contributed by atoms with Crippen LogP contribution in [0.5, 0.6) is 11.6 Å². The van der Waals surface area contributed by atoms with Gasteiger partial charge in [0.25, 0.3) is 0 Å².